The van der Waals surface area contributed by atoms with E-state index in [1.807, 2.05) is 53.9 Å². The van der Waals surface area contributed by atoms with Gasteiger partial charge in [0.05, 0.1) is 33.8 Å². The fourth-order valence-electron chi connectivity index (χ4n) is 7.04. The molecule has 2 aromatic heterocycles. The monoisotopic (exact) mass is 764 g/mol. The molecule has 3 fully saturated rings. The van der Waals surface area contributed by atoms with E-state index >= 15 is 0 Å². The van der Waals surface area contributed by atoms with Crippen LogP contribution in [0.5, 0.6) is 5.88 Å². The summed E-state index contributed by atoms with van der Waals surface area (Å²) in [6, 6.07) is 9.10. The standard InChI is InChI=1S/C37H44N6O8S2/c1-22(2)50-36(47)40-28-14-7-5-3-4-6-11-23-20-37(23,35(46)42-53(48,49)25-16-17-25)41-32(44)29-19-24(21-43(29)34(28)45)51-33-31(30-15-10-18-52-30)38-26-12-8-9-13-27(26)39-33/h6,8-13,15,18,22-25,28-29H,3-5,7,14,16-17,19-21H2,1-2H3,(H,40,47)(H,41,44)(H,42,46)/b11-6-/t23?,24-,28+,29+,37-/m1/s1. The van der Waals surface area contributed by atoms with Crippen LogP contribution in [0, 0.1) is 5.92 Å². The highest BCUT2D eigenvalue weighted by molar-refractivity contribution is 7.91. The molecule has 16 heteroatoms. The Balaban J connectivity index is 1.21. The van der Waals surface area contributed by atoms with Crippen LogP contribution in [0.3, 0.4) is 0 Å². The Kier molecular flexibility index (Phi) is 10.4. The second-order valence-electron chi connectivity index (χ2n) is 14.5. The number of nitrogens with one attached hydrogen (secondary N) is 3. The lowest BCUT2D eigenvalue weighted by Crippen LogP contribution is -2.58. The van der Waals surface area contributed by atoms with Gasteiger partial charge in [-0.05, 0) is 76.0 Å². The molecule has 4 aliphatic rings. The summed E-state index contributed by atoms with van der Waals surface area (Å²) >= 11 is 1.47. The van der Waals surface area contributed by atoms with Crippen LogP contribution in [0.2, 0.25) is 0 Å². The molecule has 2 saturated carbocycles. The van der Waals surface area contributed by atoms with Gasteiger partial charge in [0, 0.05) is 12.3 Å². The third-order valence-corrected chi connectivity index (χ3v) is 12.7. The van der Waals surface area contributed by atoms with Gasteiger partial charge in [0.1, 0.15) is 29.4 Å². The maximum absolute atomic E-state index is 14.5. The minimum atomic E-state index is -3.89. The summed E-state index contributed by atoms with van der Waals surface area (Å²) in [6.45, 7) is 3.40. The van der Waals surface area contributed by atoms with E-state index in [-0.39, 0.29) is 25.3 Å². The lowest BCUT2D eigenvalue weighted by molar-refractivity contribution is -0.141. The Bertz CT molecular complexity index is 2020. The molecule has 0 bridgehead atoms. The van der Waals surface area contributed by atoms with E-state index in [9.17, 15) is 27.6 Å². The van der Waals surface area contributed by atoms with Crippen molar-refractivity contribution >= 4 is 56.2 Å². The van der Waals surface area contributed by atoms with Crippen molar-refractivity contribution in [1.82, 2.24) is 30.2 Å². The van der Waals surface area contributed by atoms with Gasteiger partial charge >= 0.3 is 6.09 Å². The van der Waals surface area contributed by atoms with Crippen molar-refractivity contribution in [2.45, 2.75) is 107 Å². The molecule has 53 heavy (non-hydrogen) atoms. The number of carbonyl (C=O) groups is 4. The molecule has 7 rings (SSSR count). The predicted molar refractivity (Wildman–Crippen MR) is 197 cm³/mol. The molecule has 2 aliphatic heterocycles. The molecule has 3 aromatic rings. The van der Waals surface area contributed by atoms with Crippen molar-refractivity contribution in [3.63, 3.8) is 0 Å². The lowest BCUT2D eigenvalue weighted by atomic mass is 10.0. The van der Waals surface area contributed by atoms with Gasteiger partial charge in [-0.1, -0.05) is 43.2 Å². The number of benzene rings is 1. The summed E-state index contributed by atoms with van der Waals surface area (Å²) in [5.74, 6) is -2.08. The second-order valence-corrected chi connectivity index (χ2v) is 17.4. The summed E-state index contributed by atoms with van der Waals surface area (Å²) < 4.78 is 39.7. The van der Waals surface area contributed by atoms with Crippen LogP contribution in [-0.4, -0.2) is 88.7 Å². The minimum Gasteiger partial charge on any atom is -0.471 e. The number of thiophene rings is 1. The van der Waals surface area contributed by atoms with E-state index in [1.54, 1.807) is 13.8 Å². The summed E-state index contributed by atoms with van der Waals surface area (Å²) in [5.41, 5.74) is 0.312. The molecule has 5 atom stereocenters. The van der Waals surface area contributed by atoms with Crippen LogP contribution in [0.25, 0.3) is 21.6 Å². The zero-order chi connectivity index (χ0) is 37.3. The van der Waals surface area contributed by atoms with Crippen molar-refractivity contribution in [2.75, 3.05) is 6.54 Å². The number of rotatable bonds is 8. The number of fused-ring (bicyclic) bond motifs is 3. The molecule has 1 aromatic carbocycles. The molecule has 0 spiro atoms. The Morgan fingerprint density at radius 3 is 2.53 bits per heavy atom. The number of aromatic nitrogens is 2. The molecular weight excluding hydrogens is 721 g/mol. The van der Waals surface area contributed by atoms with Gasteiger partial charge in [-0.3, -0.25) is 19.1 Å². The van der Waals surface area contributed by atoms with Gasteiger partial charge in [0.25, 0.3) is 5.91 Å². The predicted octanol–water partition coefficient (Wildman–Crippen LogP) is 4.21. The number of hydrogen-bond donors (Lipinski definition) is 3. The number of sulfonamides is 1. The molecule has 282 valence electrons. The van der Waals surface area contributed by atoms with Gasteiger partial charge in [-0.15, -0.1) is 11.3 Å². The molecular formula is C37H44N6O8S2. The number of para-hydroxylation sites is 2. The van der Waals surface area contributed by atoms with Crippen LogP contribution < -0.4 is 20.1 Å². The fourth-order valence-corrected chi connectivity index (χ4v) is 9.10. The number of amides is 4. The van der Waals surface area contributed by atoms with Crippen molar-refractivity contribution < 1.29 is 37.1 Å². The maximum Gasteiger partial charge on any atom is 0.408 e. The molecule has 4 heterocycles. The smallest absolute Gasteiger partial charge is 0.408 e. The van der Waals surface area contributed by atoms with Gasteiger partial charge in [-0.2, -0.15) is 0 Å². The van der Waals surface area contributed by atoms with Crippen LogP contribution in [0.15, 0.2) is 53.9 Å². The van der Waals surface area contributed by atoms with Crippen LogP contribution in [0.4, 0.5) is 4.79 Å². The van der Waals surface area contributed by atoms with Crippen LogP contribution >= 0.6 is 11.3 Å². The molecule has 3 N–H and O–H groups in total. The molecule has 1 unspecified atom stereocenters. The Hall–Kier alpha value is -4.57. The number of allylic oxidation sites excluding steroid dienone is 1. The Morgan fingerprint density at radius 1 is 1.04 bits per heavy atom. The van der Waals surface area contributed by atoms with E-state index in [0.717, 1.165) is 17.7 Å². The van der Waals surface area contributed by atoms with Crippen LogP contribution in [-0.2, 0) is 29.1 Å². The van der Waals surface area contributed by atoms with Crippen molar-refractivity contribution in [3.05, 3.63) is 53.9 Å². The summed E-state index contributed by atoms with van der Waals surface area (Å²) in [7, 11) is -3.89. The van der Waals surface area contributed by atoms with E-state index < -0.39 is 74.8 Å². The van der Waals surface area contributed by atoms with Gasteiger partial charge in [-0.25, -0.2) is 23.2 Å². The van der Waals surface area contributed by atoms with Crippen molar-refractivity contribution in [1.29, 1.82) is 0 Å². The molecule has 2 aliphatic carbocycles. The summed E-state index contributed by atoms with van der Waals surface area (Å²) in [6.07, 6.45) is 6.34. The maximum atomic E-state index is 14.5. The molecule has 4 amide bonds. The quantitative estimate of drug-likeness (QED) is 0.281. The number of hydrogen-bond acceptors (Lipinski definition) is 11. The highest BCUT2D eigenvalue weighted by Gasteiger charge is 2.62. The highest BCUT2D eigenvalue weighted by Crippen LogP contribution is 2.46. The number of nitrogens with zero attached hydrogens (tertiary/aromatic N) is 3. The van der Waals surface area contributed by atoms with Crippen molar-refractivity contribution in [3.8, 4) is 16.5 Å². The Morgan fingerprint density at radius 2 is 1.81 bits per heavy atom. The topological polar surface area (TPSA) is 186 Å². The zero-order valence-electron chi connectivity index (χ0n) is 29.7. The van der Waals surface area contributed by atoms with E-state index in [4.69, 9.17) is 19.4 Å². The number of alkyl carbamates (subject to hydrolysis) is 1. The normalized spacial score (nSPS) is 27.1. The Labute approximate surface area is 312 Å². The number of ether oxygens (including phenoxy) is 2. The molecule has 0 radical (unpaired) electrons. The first-order valence-corrected chi connectivity index (χ1v) is 20.7. The summed E-state index contributed by atoms with van der Waals surface area (Å²) in [4.78, 5) is 67.2. The van der Waals surface area contributed by atoms with Gasteiger partial charge in [0.2, 0.25) is 27.7 Å². The first-order chi connectivity index (χ1) is 25.4. The highest BCUT2D eigenvalue weighted by atomic mass is 32.2. The first kappa shape index (κ1) is 36.8. The SMILES string of the molecule is CC(C)OC(=O)N[C@H]1CCCCC/C=C\C2C[C@@]2(C(=O)NS(=O)(=O)C2CC2)NC(=O)[C@@H]2C[C@@H](Oc3nc4ccccc4nc3-c3cccs3)CN2C1=O. The zero-order valence-corrected chi connectivity index (χ0v) is 31.3. The largest absolute Gasteiger partial charge is 0.471 e. The van der Waals surface area contributed by atoms with Crippen molar-refractivity contribution in [2.24, 2.45) is 5.92 Å². The third kappa shape index (κ3) is 8.17. The summed E-state index contributed by atoms with van der Waals surface area (Å²) in [5, 5.41) is 6.90. The van der Waals surface area contributed by atoms with Gasteiger partial charge < -0.3 is 25.0 Å². The first-order valence-electron chi connectivity index (χ1n) is 18.2. The van der Waals surface area contributed by atoms with E-state index in [2.05, 4.69) is 15.4 Å². The second kappa shape index (κ2) is 15.0. The number of carbonyl (C=O) groups excluding carboxylic acids is 4. The lowest BCUT2D eigenvalue weighted by Gasteiger charge is -2.29. The average Bonchev–Trinajstić information content (AvgIpc) is 3.98. The third-order valence-electron chi connectivity index (χ3n) is 10.0. The van der Waals surface area contributed by atoms with E-state index in [1.165, 1.54) is 16.2 Å². The molecule has 14 nitrogen and oxygen atoms in total. The fraction of sp³-hybridized carbons (Fsp3) is 0.514. The van der Waals surface area contributed by atoms with E-state index in [0.29, 0.717) is 48.8 Å². The van der Waals surface area contributed by atoms with Crippen LogP contribution in [0.1, 0.15) is 71.6 Å². The average molecular weight is 765 g/mol. The minimum absolute atomic E-state index is 0.0225. The molecule has 1 saturated heterocycles. The van der Waals surface area contributed by atoms with Gasteiger partial charge in [0.15, 0.2) is 0 Å².